The number of hydrogen-bond acceptors (Lipinski definition) is 2. The topological polar surface area (TPSA) is 58.7 Å². The average Bonchev–Trinajstić information content (AvgIpc) is 2.36. The number of hydrogen-bond donors (Lipinski definition) is 1. The van der Waals surface area contributed by atoms with E-state index in [9.17, 15) is 4.79 Å². The third kappa shape index (κ3) is 2.20. The molecule has 0 aromatic carbocycles. The summed E-state index contributed by atoms with van der Waals surface area (Å²) in [6.07, 6.45) is 0.794. The number of nitrogens with two attached hydrogens (primary N) is 1. The summed E-state index contributed by atoms with van der Waals surface area (Å²) >= 11 is 0. The molecule has 1 rings (SSSR count). The normalized spacial score (nSPS) is 24.6. The third-order valence-corrected chi connectivity index (χ3v) is 2.30. The van der Waals surface area contributed by atoms with Crippen molar-refractivity contribution in [1.29, 1.82) is 0 Å². The van der Waals surface area contributed by atoms with Crippen LogP contribution >= 0.6 is 0 Å². The summed E-state index contributed by atoms with van der Waals surface area (Å²) in [4.78, 5) is 17.3. The SMILES string of the molecule is CC(C)C(N)=NC1CCN(C)C1=O. The van der Waals surface area contributed by atoms with Crippen LogP contribution in [0.3, 0.4) is 0 Å². The zero-order valence-electron chi connectivity index (χ0n) is 8.45. The molecule has 74 valence electrons. The van der Waals surface area contributed by atoms with Crippen LogP contribution in [0.25, 0.3) is 0 Å². The molecule has 0 aromatic heterocycles. The van der Waals surface area contributed by atoms with Crippen molar-refractivity contribution in [2.24, 2.45) is 16.6 Å². The van der Waals surface area contributed by atoms with Crippen LogP contribution in [0, 0.1) is 5.92 Å². The van der Waals surface area contributed by atoms with Gasteiger partial charge in [0.1, 0.15) is 6.04 Å². The van der Waals surface area contributed by atoms with Crippen molar-refractivity contribution in [2.45, 2.75) is 26.3 Å². The molecule has 1 heterocycles. The molecule has 0 saturated carbocycles. The second-order valence-corrected chi connectivity index (χ2v) is 3.77. The molecular formula is C9H17N3O. The van der Waals surface area contributed by atoms with E-state index in [0.717, 1.165) is 13.0 Å². The van der Waals surface area contributed by atoms with Gasteiger partial charge in [-0.1, -0.05) is 13.8 Å². The van der Waals surface area contributed by atoms with Crippen molar-refractivity contribution in [2.75, 3.05) is 13.6 Å². The van der Waals surface area contributed by atoms with E-state index in [2.05, 4.69) is 4.99 Å². The summed E-state index contributed by atoms with van der Waals surface area (Å²) in [6.45, 7) is 4.74. The van der Waals surface area contributed by atoms with Crippen LogP contribution in [0.2, 0.25) is 0 Å². The highest BCUT2D eigenvalue weighted by Gasteiger charge is 2.28. The minimum Gasteiger partial charge on any atom is -0.387 e. The number of amides is 1. The molecule has 1 unspecified atom stereocenters. The van der Waals surface area contributed by atoms with E-state index in [4.69, 9.17) is 5.73 Å². The molecule has 0 radical (unpaired) electrons. The van der Waals surface area contributed by atoms with Gasteiger partial charge in [0.25, 0.3) is 0 Å². The highest BCUT2D eigenvalue weighted by Crippen LogP contribution is 2.12. The van der Waals surface area contributed by atoms with E-state index in [1.165, 1.54) is 0 Å². The van der Waals surface area contributed by atoms with Gasteiger partial charge in [-0.2, -0.15) is 0 Å². The number of nitrogens with zero attached hydrogens (tertiary/aromatic N) is 2. The first-order chi connectivity index (χ1) is 6.02. The van der Waals surface area contributed by atoms with Crippen LogP contribution in [0.1, 0.15) is 20.3 Å². The monoisotopic (exact) mass is 183 g/mol. The van der Waals surface area contributed by atoms with Gasteiger partial charge in [0, 0.05) is 19.5 Å². The number of carbonyl (C=O) groups is 1. The van der Waals surface area contributed by atoms with E-state index in [1.807, 2.05) is 13.8 Å². The second kappa shape index (κ2) is 3.77. The summed E-state index contributed by atoms with van der Waals surface area (Å²) in [7, 11) is 1.80. The Bertz CT molecular complexity index is 235. The van der Waals surface area contributed by atoms with E-state index in [1.54, 1.807) is 11.9 Å². The lowest BCUT2D eigenvalue weighted by Gasteiger charge is -2.09. The number of likely N-dealkylation sites (N-methyl/N-ethyl adjacent to an activating group) is 1. The van der Waals surface area contributed by atoms with Gasteiger partial charge in [0.15, 0.2) is 0 Å². The number of carbonyl (C=O) groups excluding carboxylic acids is 1. The van der Waals surface area contributed by atoms with Crippen molar-refractivity contribution < 1.29 is 4.79 Å². The number of amidine groups is 1. The largest absolute Gasteiger partial charge is 0.387 e. The van der Waals surface area contributed by atoms with E-state index >= 15 is 0 Å². The Labute approximate surface area is 78.8 Å². The van der Waals surface area contributed by atoms with Crippen molar-refractivity contribution >= 4 is 11.7 Å². The molecule has 1 saturated heterocycles. The van der Waals surface area contributed by atoms with Gasteiger partial charge in [-0.15, -0.1) is 0 Å². The molecule has 1 fully saturated rings. The lowest BCUT2D eigenvalue weighted by Crippen LogP contribution is -2.28. The fourth-order valence-electron chi connectivity index (χ4n) is 1.25. The molecule has 0 aromatic rings. The molecule has 0 spiro atoms. The highest BCUT2D eigenvalue weighted by molar-refractivity contribution is 5.89. The Balaban J connectivity index is 2.65. The molecule has 2 N–H and O–H groups in total. The highest BCUT2D eigenvalue weighted by atomic mass is 16.2. The zero-order valence-corrected chi connectivity index (χ0v) is 8.45. The summed E-state index contributed by atoms with van der Waals surface area (Å²) in [5, 5.41) is 0. The molecule has 1 aliphatic heterocycles. The van der Waals surface area contributed by atoms with Gasteiger partial charge >= 0.3 is 0 Å². The van der Waals surface area contributed by atoms with Crippen molar-refractivity contribution in [3.63, 3.8) is 0 Å². The van der Waals surface area contributed by atoms with E-state index < -0.39 is 0 Å². The van der Waals surface area contributed by atoms with Crippen LogP contribution < -0.4 is 5.73 Å². The molecular weight excluding hydrogens is 166 g/mol. The predicted molar refractivity (Wildman–Crippen MR) is 52.5 cm³/mol. The predicted octanol–water partition coefficient (Wildman–Crippen LogP) is 0.230. The van der Waals surface area contributed by atoms with Gasteiger partial charge < -0.3 is 10.6 Å². The van der Waals surface area contributed by atoms with Gasteiger partial charge in [-0.25, -0.2) is 0 Å². The van der Waals surface area contributed by atoms with Crippen LogP contribution in [0.4, 0.5) is 0 Å². The minimum atomic E-state index is -0.229. The summed E-state index contributed by atoms with van der Waals surface area (Å²) in [5.41, 5.74) is 5.68. The van der Waals surface area contributed by atoms with Crippen LogP contribution in [0.5, 0.6) is 0 Å². The van der Waals surface area contributed by atoms with Crippen molar-refractivity contribution in [3.05, 3.63) is 0 Å². The quantitative estimate of drug-likeness (QED) is 0.492. The molecule has 0 aliphatic carbocycles. The van der Waals surface area contributed by atoms with Gasteiger partial charge in [0.05, 0.1) is 5.84 Å². The Morgan fingerprint density at radius 2 is 2.31 bits per heavy atom. The molecule has 4 heteroatoms. The molecule has 0 bridgehead atoms. The maximum absolute atomic E-state index is 11.4. The summed E-state index contributed by atoms with van der Waals surface area (Å²) < 4.78 is 0. The Kier molecular flexibility index (Phi) is 2.90. The Hall–Kier alpha value is -1.06. The summed E-state index contributed by atoms with van der Waals surface area (Å²) in [5.74, 6) is 0.885. The molecule has 4 nitrogen and oxygen atoms in total. The molecule has 13 heavy (non-hydrogen) atoms. The Morgan fingerprint density at radius 3 is 2.69 bits per heavy atom. The third-order valence-electron chi connectivity index (χ3n) is 2.30. The lowest BCUT2D eigenvalue weighted by atomic mass is 10.2. The maximum Gasteiger partial charge on any atom is 0.247 e. The van der Waals surface area contributed by atoms with E-state index in [-0.39, 0.29) is 17.9 Å². The van der Waals surface area contributed by atoms with Crippen LogP contribution in [0.15, 0.2) is 4.99 Å². The first kappa shape index (κ1) is 10.0. The lowest BCUT2D eigenvalue weighted by molar-refractivity contribution is -0.127. The number of likely N-dealkylation sites (tertiary alicyclic amines) is 1. The second-order valence-electron chi connectivity index (χ2n) is 3.77. The Morgan fingerprint density at radius 1 is 1.69 bits per heavy atom. The number of rotatable bonds is 2. The zero-order chi connectivity index (χ0) is 10.0. The van der Waals surface area contributed by atoms with Crippen LogP contribution in [-0.4, -0.2) is 36.3 Å². The smallest absolute Gasteiger partial charge is 0.247 e. The first-order valence-corrected chi connectivity index (χ1v) is 4.60. The van der Waals surface area contributed by atoms with Crippen molar-refractivity contribution in [1.82, 2.24) is 4.90 Å². The van der Waals surface area contributed by atoms with Gasteiger partial charge in [-0.3, -0.25) is 9.79 Å². The average molecular weight is 183 g/mol. The fraction of sp³-hybridized carbons (Fsp3) is 0.778. The first-order valence-electron chi connectivity index (χ1n) is 4.60. The van der Waals surface area contributed by atoms with Crippen LogP contribution in [-0.2, 0) is 4.79 Å². The maximum atomic E-state index is 11.4. The molecule has 1 aliphatic rings. The van der Waals surface area contributed by atoms with E-state index in [0.29, 0.717) is 5.84 Å². The summed E-state index contributed by atoms with van der Waals surface area (Å²) in [6, 6.07) is -0.229. The minimum absolute atomic E-state index is 0.0867. The molecule has 1 amide bonds. The standard InChI is InChI=1S/C9H17N3O/c1-6(2)8(10)11-7-4-5-12(3)9(7)13/h6-7H,4-5H2,1-3H3,(H2,10,11). The van der Waals surface area contributed by atoms with Gasteiger partial charge in [-0.05, 0) is 6.42 Å². The fourth-order valence-corrected chi connectivity index (χ4v) is 1.25. The van der Waals surface area contributed by atoms with Crippen molar-refractivity contribution in [3.8, 4) is 0 Å². The molecule has 1 atom stereocenters. The number of aliphatic imine (C=N–C) groups is 1. The van der Waals surface area contributed by atoms with Gasteiger partial charge in [0.2, 0.25) is 5.91 Å².